The molecule has 0 fully saturated rings. The molecule has 11 aromatic rings. The fourth-order valence-electron chi connectivity index (χ4n) is 11.3. The van der Waals surface area contributed by atoms with Crippen LogP contribution in [0.4, 0.5) is 0 Å². The minimum Gasteiger partial charge on any atom is -0.228 e. The van der Waals surface area contributed by atoms with Crippen LogP contribution in [0.5, 0.6) is 0 Å². The van der Waals surface area contributed by atoms with Crippen LogP contribution in [0.25, 0.3) is 88.8 Å². The van der Waals surface area contributed by atoms with E-state index in [1.54, 1.807) is 0 Å². The Kier molecular flexibility index (Phi) is 8.51. The standard InChI is InChI=1S/C64H44N2/c1-63(2)57-28-16-26-52(61(57)54-38-42-19-12-13-20-43(42)39-58(54)63)60-40-59(65-62(66-60)41-17-6-3-7-18-41)48-32-31-44-35-45(29-30-46(44)36-48)47-33-34-56-53(37-47)51-25-14-15-27-55(51)64(56,49-21-8-4-9-22-49)50-23-10-5-11-24-50/h3-40H,1-2H3. The second kappa shape index (κ2) is 14.7. The van der Waals surface area contributed by atoms with Crippen molar-refractivity contribution in [1.29, 1.82) is 0 Å². The molecule has 0 N–H and O–H groups in total. The SMILES string of the molecule is CC1(C)c2cc3ccccc3cc2-c2c(-c3cc(-c4ccc5cc(-c6ccc7c(c6)-c6ccccc6C7(c6ccccc6)c6ccccc6)ccc5c4)nc(-c4ccccc4)n3)cccc21. The minimum atomic E-state index is -0.412. The predicted molar refractivity (Wildman–Crippen MR) is 274 cm³/mol. The van der Waals surface area contributed by atoms with Crippen LogP contribution in [-0.2, 0) is 10.8 Å². The normalized spacial score (nSPS) is 13.8. The number of hydrogen-bond acceptors (Lipinski definition) is 2. The van der Waals surface area contributed by atoms with Crippen molar-refractivity contribution in [3.63, 3.8) is 0 Å². The van der Waals surface area contributed by atoms with E-state index in [4.69, 9.17) is 9.97 Å². The molecule has 0 amide bonds. The highest BCUT2D eigenvalue weighted by molar-refractivity contribution is 5.99. The van der Waals surface area contributed by atoms with Gasteiger partial charge < -0.3 is 0 Å². The van der Waals surface area contributed by atoms with E-state index in [1.165, 1.54) is 88.3 Å². The summed E-state index contributed by atoms with van der Waals surface area (Å²) in [5, 5.41) is 4.87. The Bertz CT molecular complexity index is 3680. The van der Waals surface area contributed by atoms with Crippen molar-refractivity contribution in [2.45, 2.75) is 24.7 Å². The van der Waals surface area contributed by atoms with Gasteiger partial charge in [-0.15, -0.1) is 0 Å². The van der Waals surface area contributed by atoms with E-state index in [0.717, 1.165) is 28.1 Å². The molecule has 13 rings (SSSR count). The number of aromatic nitrogens is 2. The molecular formula is C64H44N2. The molecule has 0 bridgehead atoms. The van der Waals surface area contributed by atoms with Crippen LogP contribution in [-0.4, -0.2) is 9.97 Å². The van der Waals surface area contributed by atoms with Crippen molar-refractivity contribution in [3.8, 4) is 67.3 Å². The van der Waals surface area contributed by atoms with Gasteiger partial charge in [0, 0.05) is 22.1 Å². The van der Waals surface area contributed by atoms with Crippen LogP contribution < -0.4 is 0 Å². The van der Waals surface area contributed by atoms with E-state index in [2.05, 4.69) is 238 Å². The topological polar surface area (TPSA) is 25.8 Å². The lowest BCUT2D eigenvalue weighted by molar-refractivity contribution is 0.661. The largest absolute Gasteiger partial charge is 0.228 e. The fraction of sp³-hybridized carbons (Fsp3) is 0.0625. The fourth-order valence-corrected chi connectivity index (χ4v) is 11.3. The maximum absolute atomic E-state index is 5.34. The molecule has 1 heterocycles. The first-order valence-corrected chi connectivity index (χ1v) is 23.0. The number of benzene rings is 10. The van der Waals surface area contributed by atoms with Gasteiger partial charge in [0.1, 0.15) is 0 Å². The van der Waals surface area contributed by atoms with Crippen molar-refractivity contribution in [2.75, 3.05) is 0 Å². The quantitative estimate of drug-likeness (QED) is 0.167. The van der Waals surface area contributed by atoms with E-state index in [9.17, 15) is 0 Å². The lowest BCUT2D eigenvalue weighted by Gasteiger charge is -2.33. The number of rotatable bonds is 6. The molecule has 0 spiro atoms. The number of hydrogen-bond donors (Lipinski definition) is 0. The van der Waals surface area contributed by atoms with Gasteiger partial charge in [0.15, 0.2) is 5.82 Å². The summed E-state index contributed by atoms with van der Waals surface area (Å²) in [6.45, 7) is 4.70. The first kappa shape index (κ1) is 38.3. The van der Waals surface area contributed by atoms with E-state index in [1.807, 2.05) is 6.07 Å². The van der Waals surface area contributed by atoms with Crippen molar-refractivity contribution >= 4 is 21.5 Å². The Morgan fingerprint density at radius 2 is 0.833 bits per heavy atom. The van der Waals surface area contributed by atoms with Crippen LogP contribution in [0, 0.1) is 0 Å². The van der Waals surface area contributed by atoms with E-state index >= 15 is 0 Å². The maximum atomic E-state index is 5.34. The third-order valence-corrected chi connectivity index (χ3v) is 14.5. The molecule has 2 heteroatoms. The highest BCUT2D eigenvalue weighted by Gasteiger charge is 2.46. The van der Waals surface area contributed by atoms with Crippen molar-refractivity contribution in [2.24, 2.45) is 0 Å². The minimum absolute atomic E-state index is 0.154. The van der Waals surface area contributed by atoms with Crippen molar-refractivity contribution in [1.82, 2.24) is 9.97 Å². The summed E-state index contributed by atoms with van der Waals surface area (Å²) in [5.74, 6) is 0.717. The smallest absolute Gasteiger partial charge is 0.160 e. The first-order valence-electron chi connectivity index (χ1n) is 23.0. The molecule has 10 aromatic carbocycles. The molecule has 66 heavy (non-hydrogen) atoms. The average Bonchev–Trinajstić information content (AvgIpc) is 3.80. The molecule has 0 saturated carbocycles. The number of nitrogens with zero attached hydrogens (tertiary/aromatic N) is 2. The molecule has 0 atom stereocenters. The van der Waals surface area contributed by atoms with Gasteiger partial charge in [-0.2, -0.15) is 0 Å². The lowest BCUT2D eigenvalue weighted by atomic mass is 9.67. The highest BCUT2D eigenvalue weighted by Crippen LogP contribution is 2.57. The molecule has 1 aromatic heterocycles. The zero-order valence-electron chi connectivity index (χ0n) is 36.8. The lowest BCUT2D eigenvalue weighted by Crippen LogP contribution is -2.28. The maximum Gasteiger partial charge on any atom is 0.160 e. The van der Waals surface area contributed by atoms with E-state index in [0.29, 0.717) is 5.82 Å². The van der Waals surface area contributed by atoms with Gasteiger partial charge in [0.05, 0.1) is 16.8 Å². The molecular weight excluding hydrogens is 797 g/mol. The third kappa shape index (κ3) is 5.74. The van der Waals surface area contributed by atoms with Crippen LogP contribution in [0.1, 0.15) is 47.2 Å². The summed E-state index contributed by atoms with van der Waals surface area (Å²) in [4.78, 5) is 10.6. The van der Waals surface area contributed by atoms with Crippen molar-refractivity contribution in [3.05, 3.63) is 264 Å². The van der Waals surface area contributed by atoms with E-state index < -0.39 is 5.41 Å². The second-order valence-electron chi connectivity index (χ2n) is 18.5. The van der Waals surface area contributed by atoms with Crippen LogP contribution in [0.3, 0.4) is 0 Å². The summed E-state index contributed by atoms with van der Waals surface area (Å²) < 4.78 is 0. The molecule has 0 saturated heterocycles. The highest BCUT2D eigenvalue weighted by atomic mass is 14.9. The Morgan fingerprint density at radius 1 is 0.303 bits per heavy atom. The molecule has 0 unspecified atom stereocenters. The molecule has 2 aliphatic carbocycles. The molecule has 2 aliphatic rings. The first-order chi connectivity index (χ1) is 32.4. The molecule has 310 valence electrons. The van der Waals surface area contributed by atoms with Crippen LogP contribution in [0.2, 0.25) is 0 Å². The molecule has 0 radical (unpaired) electrons. The van der Waals surface area contributed by atoms with Gasteiger partial charge in [0.2, 0.25) is 0 Å². The number of fused-ring (bicyclic) bond motifs is 8. The second-order valence-corrected chi connectivity index (χ2v) is 18.5. The summed E-state index contributed by atoms with van der Waals surface area (Å²) in [6.07, 6.45) is 0. The van der Waals surface area contributed by atoms with E-state index in [-0.39, 0.29) is 5.41 Å². The van der Waals surface area contributed by atoms with Crippen LogP contribution in [0.15, 0.2) is 231 Å². The third-order valence-electron chi connectivity index (χ3n) is 14.5. The van der Waals surface area contributed by atoms with Gasteiger partial charge in [-0.1, -0.05) is 208 Å². The Balaban J connectivity index is 0.919. The van der Waals surface area contributed by atoms with Gasteiger partial charge in [-0.05, 0) is 125 Å². The molecule has 0 aliphatic heterocycles. The van der Waals surface area contributed by atoms with Gasteiger partial charge in [-0.25, -0.2) is 9.97 Å². The Morgan fingerprint density at radius 3 is 1.58 bits per heavy atom. The predicted octanol–water partition coefficient (Wildman–Crippen LogP) is 16.1. The summed E-state index contributed by atoms with van der Waals surface area (Å²) in [7, 11) is 0. The van der Waals surface area contributed by atoms with Crippen molar-refractivity contribution < 1.29 is 0 Å². The zero-order valence-corrected chi connectivity index (χ0v) is 36.8. The van der Waals surface area contributed by atoms with Gasteiger partial charge in [-0.3, -0.25) is 0 Å². The Labute approximate surface area is 385 Å². The summed E-state index contributed by atoms with van der Waals surface area (Å²) in [5.41, 5.74) is 19.8. The van der Waals surface area contributed by atoms with Crippen LogP contribution >= 0.6 is 0 Å². The summed E-state index contributed by atoms with van der Waals surface area (Å²) in [6, 6.07) is 84.5. The zero-order chi connectivity index (χ0) is 44.0. The van der Waals surface area contributed by atoms with Gasteiger partial charge >= 0.3 is 0 Å². The summed E-state index contributed by atoms with van der Waals surface area (Å²) >= 11 is 0. The molecule has 2 nitrogen and oxygen atoms in total. The Hall–Kier alpha value is -8.20. The van der Waals surface area contributed by atoms with Gasteiger partial charge in [0.25, 0.3) is 0 Å². The monoisotopic (exact) mass is 840 g/mol. The average molecular weight is 841 g/mol.